The summed E-state index contributed by atoms with van der Waals surface area (Å²) in [6.07, 6.45) is 3.38. The number of carbonyl (C=O) groups is 2. The number of aliphatic hydroxyl groups is 2. The molecule has 0 saturated carbocycles. The van der Waals surface area contributed by atoms with Gasteiger partial charge in [-0.3, -0.25) is 9.69 Å². The van der Waals surface area contributed by atoms with Crippen LogP contribution in [0.25, 0.3) is 0 Å². The van der Waals surface area contributed by atoms with Crippen LogP contribution in [0.2, 0.25) is 0 Å². The van der Waals surface area contributed by atoms with Gasteiger partial charge in [0.1, 0.15) is 5.76 Å². The number of rotatable bonds is 8. The van der Waals surface area contributed by atoms with Gasteiger partial charge in [0.25, 0.3) is 0 Å². The van der Waals surface area contributed by atoms with Crippen molar-refractivity contribution in [1.29, 1.82) is 0 Å². The molecule has 0 aromatic heterocycles. The zero-order chi connectivity index (χ0) is 27.9. The molecule has 39 heavy (non-hydrogen) atoms. The van der Waals surface area contributed by atoms with Crippen molar-refractivity contribution < 1.29 is 43.5 Å². The van der Waals surface area contributed by atoms with Gasteiger partial charge in [0.15, 0.2) is 23.2 Å². The average Bonchev–Trinajstić information content (AvgIpc) is 3.30. The fourth-order valence-corrected chi connectivity index (χ4v) is 6.48. The van der Waals surface area contributed by atoms with Crippen LogP contribution in [0.15, 0.2) is 24.0 Å². The van der Waals surface area contributed by atoms with E-state index in [1.807, 2.05) is 12.1 Å². The Bertz CT molecular complexity index is 1140. The highest BCUT2D eigenvalue weighted by Gasteiger charge is 2.52. The van der Waals surface area contributed by atoms with Crippen LogP contribution in [0.3, 0.4) is 0 Å². The first-order valence-electron chi connectivity index (χ1n) is 13.7. The van der Waals surface area contributed by atoms with Crippen molar-refractivity contribution >= 4 is 11.9 Å². The number of fused-ring (bicyclic) bond motifs is 3. The largest absolute Gasteiger partial charge is 0.497 e. The molecule has 1 fully saturated rings. The molecular formula is C29H39NO9. The molecule has 1 aliphatic carbocycles. The van der Waals surface area contributed by atoms with Crippen molar-refractivity contribution in [2.24, 2.45) is 5.92 Å². The molecule has 0 radical (unpaired) electrons. The van der Waals surface area contributed by atoms with Gasteiger partial charge in [0.05, 0.1) is 26.2 Å². The summed E-state index contributed by atoms with van der Waals surface area (Å²) in [6.45, 7) is 5.11. The van der Waals surface area contributed by atoms with E-state index < -0.39 is 35.7 Å². The summed E-state index contributed by atoms with van der Waals surface area (Å²) in [5, 5.41) is 21.8. The summed E-state index contributed by atoms with van der Waals surface area (Å²) in [6, 6.07) is 4.07. The van der Waals surface area contributed by atoms with Crippen LogP contribution in [0, 0.1) is 5.92 Å². The zero-order valence-corrected chi connectivity index (χ0v) is 23.1. The summed E-state index contributed by atoms with van der Waals surface area (Å²) in [5.74, 6) is 0.0957. The van der Waals surface area contributed by atoms with Crippen LogP contribution < -0.4 is 9.47 Å². The lowest BCUT2D eigenvalue weighted by atomic mass is 9.71. The number of hydrogen-bond acceptors (Lipinski definition) is 10. The first-order valence-corrected chi connectivity index (χ1v) is 13.7. The molecule has 3 heterocycles. The van der Waals surface area contributed by atoms with Gasteiger partial charge in [-0.15, -0.1) is 0 Å². The van der Waals surface area contributed by atoms with E-state index in [0.717, 1.165) is 43.5 Å². The van der Waals surface area contributed by atoms with Gasteiger partial charge in [-0.05, 0) is 87.7 Å². The van der Waals surface area contributed by atoms with E-state index in [9.17, 15) is 19.8 Å². The first kappa shape index (κ1) is 27.7. The molecule has 214 valence electrons. The minimum atomic E-state index is -2.18. The van der Waals surface area contributed by atoms with E-state index >= 15 is 0 Å². The summed E-state index contributed by atoms with van der Waals surface area (Å²) in [7, 11) is 2.75. The number of hydrogen-bond donors (Lipinski definition) is 2. The van der Waals surface area contributed by atoms with Crippen LogP contribution in [0.5, 0.6) is 11.5 Å². The maximum absolute atomic E-state index is 13.8. The highest BCUT2D eigenvalue weighted by Crippen LogP contribution is 2.49. The van der Waals surface area contributed by atoms with Crippen molar-refractivity contribution in [1.82, 2.24) is 4.90 Å². The summed E-state index contributed by atoms with van der Waals surface area (Å²) < 4.78 is 28.1. The van der Waals surface area contributed by atoms with Crippen LogP contribution in [0.1, 0.15) is 63.0 Å². The Morgan fingerprint density at radius 2 is 1.85 bits per heavy atom. The zero-order valence-electron chi connectivity index (χ0n) is 23.1. The number of nitrogens with zero attached hydrogens (tertiary/aromatic N) is 1. The predicted molar refractivity (Wildman–Crippen MR) is 139 cm³/mol. The Labute approximate surface area is 228 Å². The van der Waals surface area contributed by atoms with E-state index in [2.05, 4.69) is 11.0 Å². The minimum Gasteiger partial charge on any atom is -0.497 e. The Balaban J connectivity index is 1.55. The molecule has 1 aromatic rings. The van der Waals surface area contributed by atoms with Crippen molar-refractivity contribution in [2.45, 2.75) is 81.6 Å². The highest BCUT2D eigenvalue weighted by atomic mass is 16.7. The Morgan fingerprint density at radius 1 is 1.10 bits per heavy atom. The maximum atomic E-state index is 13.8. The molecule has 1 aromatic carbocycles. The van der Waals surface area contributed by atoms with Crippen LogP contribution in [0.4, 0.5) is 0 Å². The van der Waals surface area contributed by atoms with Gasteiger partial charge in [-0.1, -0.05) is 0 Å². The average molecular weight is 546 g/mol. The van der Waals surface area contributed by atoms with Gasteiger partial charge < -0.3 is 33.9 Å². The van der Waals surface area contributed by atoms with E-state index in [0.29, 0.717) is 17.3 Å². The third kappa shape index (κ3) is 5.47. The molecule has 10 nitrogen and oxygen atoms in total. The van der Waals surface area contributed by atoms with Crippen molar-refractivity contribution in [3.8, 4) is 11.5 Å². The highest BCUT2D eigenvalue weighted by molar-refractivity contribution is 5.86. The van der Waals surface area contributed by atoms with Crippen molar-refractivity contribution in [3.05, 3.63) is 35.1 Å². The van der Waals surface area contributed by atoms with Gasteiger partial charge in [-0.2, -0.15) is 0 Å². The van der Waals surface area contributed by atoms with Gasteiger partial charge in [0.2, 0.25) is 6.79 Å². The number of benzene rings is 1. The molecule has 10 heteroatoms. The van der Waals surface area contributed by atoms with Crippen LogP contribution >= 0.6 is 0 Å². The second-order valence-electron chi connectivity index (χ2n) is 11.7. The SMILES string of the molecule is COC(=O)CC(O)(CCC(C)(C)O)C(=O)O[C@@H]1C(OC)=C[C@H]2CCCN3CCc4cc5c(cc4[C@H]1[C@H]23)OCO5. The van der Waals surface area contributed by atoms with E-state index in [1.54, 1.807) is 21.0 Å². The quantitative estimate of drug-likeness (QED) is 0.471. The normalized spacial score (nSPS) is 27.3. The second-order valence-corrected chi connectivity index (χ2v) is 11.7. The molecule has 5 rings (SSSR count). The third-order valence-corrected chi connectivity index (χ3v) is 8.52. The molecule has 3 aliphatic heterocycles. The molecule has 1 saturated heterocycles. The Kier molecular flexibility index (Phi) is 7.56. The molecular weight excluding hydrogens is 506 g/mol. The van der Waals surface area contributed by atoms with E-state index in [4.69, 9.17) is 23.7 Å². The predicted octanol–water partition coefficient (Wildman–Crippen LogP) is 2.44. The number of esters is 2. The van der Waals surface area contributed by atoms with E-state index in [-0.39, 0.29) is 37.5 Å². The van der Waals surface area contributed by atoms with Gasteiger partial charge >= 0.3 is 11.9 Å². The summed E-state index contributed by atoms with van der Waals surface area (Å²) >= 11 is 0. The smallest absolute Gasteiger partial charge is 0.339 e. The molecule has 0 spiro atoms. The summed E-state index contributed by atoms with van der Waals surface area (Å²) in [4.78, 5) is 28.5. The maximum Gasteiger partial charge on any atom is 0.339 e. The molecule has 5 atom stereocenters. The van der Waals surface area contributed by atoms with Gasteiger partial charge in [-0.25, -0.2) is 4.79 Å². The molecule has 2 N–H and O–H groups in total. The molecule has 4 aliphatic rings. The molecule has 0 amide bonds. The number of carbonyl (C=O) groups excluding carboxylic acids is 2. The molecule has 0 bridgehead atoms. The third-order valence-electron chi connectivity index (χ3n) is 8.52. The van der Waals surface area contributed by atoms with Crippen LogP contribution in [-0.2, 0) is 30.2 Å². The number of methoxy groups -OCH3 is 2. The van der Waals surface area contributed by atoms with Crippen LogP contribution in [-0.4, -0.2) is 84.5 Å². The summed E-state index contributed by atoms with van der Waals surface area (Å²) in [5.41, 5.74) is -1.24. The van der Waals surface area contributed by atoms with Crippen molar-refractivity contribution in [2.75, 3.05) is 34.1 Å². The number of piperidine rings is 1. The van der Waals surface area contributed by atoms with Gasteiger partial charge in [0, 0.05) is 18.5 Å². The van der Waals surface area contributed by atoms with E-state index in [1.165, 1.54) is 7.11 Å². The fraction of sp³-hybridized carbons (Fsp3) is 0.655. The number of ether oxygens (including phenoxy) is 5. The fourth-order valence-electron chi connectivity index (χ4n) is 6.48. The second kappa shape index (κ2) is 10.6. The van der Waals surface area contributed by atoms with Crippen molar-refractivity contribution in [3.63, 3.8) is 0 Å². The first-order chi connectivity index (χ1) is 18.5. The Morgan fingerprint density at radius 3 is 2.54 bits per heavy atom. The molecule has 1 unspecified atom stereocenters. The lowest BCUT2D eigenvalue weighted by Crippen LogP contribution is -2.55. The lowest BCUT2D eigenvalue weighted by Gasteiger charge is -2.48. The monoisotopic (exact) mass is 545 g/mol. The minimum absolute atomic E-state index is 0.0575. The lowest BCUT2D eigenvalue weighted by molar-refractivity contribution is -0.180. The topological polar surface area (TPSA) is 124 Å². The standard InChI is InChI=1S/C29H39NO9/c1-28(2,33)8-9-29(34,15-23(31)36-4)27(32)39-26-22(35-3)13-18-6-5-10-30-11-7-17-12-20-21(38-16-37-20)14-19(17)24(26)25(18)30/h12-14,18,24-26,33-34H,5-11,15-16H2,1-4H3/t18-,24+,25+,26-,29?/m1/s1. The Hall–Kier alpha value is -2.82.